The van der Waals surface area contributed by atoms with E-state index in [0.717, 1.165) is 5.69 Å². The van der Waals surface area contributed by atoms with Gasteiger partial charge in [-0.1, -0.05) is 0 Å². The Kier molecular flexibility index (Phi) is 3.19. The Balaban J connectivity index is 1.56. The van der Waals surface area contributed by atoms with Crippen molar-refractivity contribution in [2.75, 3.05) is 19.8 Å². The van der Waals surface area contributed by atoms with E-state index in [1.807, 2.05) is 11.0 Å². The highest BCUT2D eigenvalue weighted by Crippen LogP contribution is 2.36. The lowest BCUT2D eigenvalue weighted by Gasteiger charge is -2.35. The molecule has 6 nitrogen and oxygen atoms in total. The molecule has 2 fully saturated rings. The molecule has 0 unspecified atom stereocenters. The molecule has 2 amide bonds. The maximum Gasteiger partial charge on any atom is 0.318 e. The van der Waals surface area contributed by atoms with E-state index in [4.69, 9.17) is 4.74 Å². The lowest BCUT2D eigenvalue weighted by molar-refractivity contribution is 0.00462. The molecule has 1 saturated heterocycles. The Labute approximate surface area is 106 Å². The van der Waals surface area contributed by atoms with Crippen LogP contribution in [-0.2, 0) is 11.3 Å². The van der Waals surface area contributed by atoms with Crippen LogP contribution in [0.4, 0.5) is 4.79 Å². The number of aromatic amines is 1. The van der Waals surface area contributed by atoms with E-state index in [-0.39, 0.29) is 12.1 Å². The third kappa shape index (κ3) is 2.48. The molecule has 1 atom stereocenters. The third-order valence-corrected chi connectivity index (χ3v) is 3.58. The van der Waals surface area contributed by atoms with Crippen molar-refractivity contribution in [1.29, 1.82) is 0 Å². The van der Waals surface area contributed by atoms with E-state index in [1.54, 1.807) is 6.20 Å². The number of urea groups is 1. The molecule has 3 rings (SSSR count). The molecule has 0 radical (unpaired) electrons. The fourth-order valence-electron chi connectivity index (χ4n) is 2.40. The fourth-order valence-corrected chi connectivity index (χ4v) is 2.40. The fraction of sp³-hybridized carbons (Fsp3) is 0.667. The number of nitrogens with one attached hydrogen (secondary N) is 2. The largest absolute Gasteiger partial charge is 0.377 e. The number of rotatable bonds is 3. The molecular weight excluding hydrogens is 232 g/mol. The van der Waals surface area contributed by atoms with Gasteiger partial charge in [-0.05, 0) is 24.8 Å². The van der Waals surface area contributed by atoms with Crippen molar-refractivity contribution < 1.29 is 9.53 Å². The topological polar surface area (TPSA) is 70.2 Å². The van der Waals surface area contributed by atoms with Gasteiger partial charge in [-0.3, -0.25) is 5.10 Å². The van der Waals surface area contributed by atoms with Crippen molar-refractivity contribution in [2.24, 2.45) is 5.92 Å². The van der Waals surface area contributed by atoms with Crippen LogP contribution < -0.4 is 5.32 Å². The summed E-state index contributed by atoms with van der Waals surface area (Å²) in [5.41, 5.74) is 0.916. The van der Waals surface area contributed by atoms with Gasteiger partial charge in [0.05, 0.1) is 31.5 Å². The molecule has 0 aromatic carbocycles. The summed E-state index contributed by atoms with van der Waals surface area (Å²) in [7, 11) is 0. The van der Waals surface area contributed by atoms with Crippen LogP contribution in [0.25, 0.3) is 0 Å². The van der Waals surface area contributed by atoms with Gasteiger partial charge in [0.1, 0.15) is 0 Å². The van der Waals surface area contributed by atoms with Crippen LogP contribution >= 0.6 is 0 Å². The molecule has 1 aliphatic heterocycles. The van der Waals surface area contributed by atoms with E-state index >= 15 is 0 Å². The van der Waals surface area contributed by atoms with E-state index in [1.165, 1.54) is 12.8 Å². The van der Waals surface area contributed by atoms with Gasteiger partial charge in [0, 0.05) is 12.7 Å². The highest BCUT2D eigenvalue weighted by Gasteiger charge is 2.39. The monoisotopic (exact) mass is 250 g/mol. The predicted molar refractivity (Wildman–Crippen MR) is 64.9 cm³/mol. The first-order valence-corrected chi connectivity index (χ1v) is 6.45. The first kappa shape index (κ1) is 11.5. The number of hydrogen-bond donors (Lipinski definition) is 2. The summed E-state index contributed by atoms with van der Waals surface area (Å²) in [5.74, 6) is 0.642. The zero-order chi connectivity index (χ0) is 12.4. The summed E-state index contributed by atoms with van der Waals surface area (Å²) < 4.78 is 5.48. The average molecular weight is 250 g/mol. The maximum atomic E-state index is 12.2. The molecular formula is C12H18N4O2. The first-order valence-electron chi connectivity index (χ1n) is 6.45. The molecule has 1 saturated carbocycles. The molecule has 98 valence electrons. The summed E-state index contributed by atoms with van der Waals surface area (Å²) in [6.45, 7) is 2.51. The minimum absolute atomic E-state index is 0.00444. The van der Waals surface area contributed by atoms with Crippen LogP contribution in [0.3, 0.4) is 0 Å². The lowest BCUT2D eigenvalue weighted by Crippen LogP contribution is -2.53. The van der Waals surface area contributed by atoms with E-state index in [2.05, 4.69) is 15.5 Å². The molecule has 2 aliphatic rings. The number of hydrogen-bond acceptors (Lipinski definition) is 3. The Morgan fingerprint density at radius 3 is 3.22 bits per heavy atom. The van der Waals surface area contributed by atoms with E-state index < -0.39 is 0 Å². The number of aromatic nitrogens is 2. The molecule has 2 N–H and O–H groups in total. The third-order valence-electron chi connectivity index (χ3n) is 3.58. The standard InChI is InChI=1S/C12H18N4O2/c17-12(13-7-10-3-4-14-15-10)16-5-6-18-8-11(16)9-1-2-9/h3-4,9,11H,1-2,5-8H2,(H,13,17)(H,14,15)/t11-/m0/s1. The van der Waals surface area contributed by atoms with Crippen molar-refractivity contribution in [3.63, 3.8) is 0 Å². The first-order chi connectivity index (χ1) is 8.84. The zero-order valence-corrected chi connectivity index (χ0v) is 10.3. The van der Waals surface area contributed by atoms with E-state index in [9.17, 15) is 4.79 Å². The van der Waals surface area contributed by atoms with Crippen molar-refractivity contribution in [3.05, 3.63) is 18.0 Å². The maximum absolute atomic E-state index is 12.2. The highest BCUT2D eigenvalue weighted by atomic mass is 16.5. The Bertz CT molecular complexity index is 402. The van der Waals surface area contributed by atoms with E-state index in [0.29, 0.717) is 32.2 Å². The second kappa shape index (κ2) is 4.97. The van der Waals surface area contributed by atoms with Gasteiger partial charge in [-0.25, -0.2) is 4.79 Å². The lowest BCUT2D eigenvalue weighted by atomic mass is 10.1. The SMILES string of the molecule is O=C(NCc1ccn[nH]1)N1CCOC[C@H]1C1CC1. The second-order valence-electron chi connectivity index (χ2n) is 4.91. The Morgan fingerprint density at radius 1 is 1.61 bits per heavy atom. The number of H-pyrrole nitrogens is 1. The van der Waals surface area contributed by atoms with Crippen LogP contribution in [0.2, 0.25) is 0 Å². The van der Waals surface area contributed by atoms with Crippen molar-refractivity contribution in [3.8, 4) is 0 Å². The normalized spacial score (nSPS) is 24.0. The molecule has 18 heavy (non-hydrogen) atoms. The number of ether oxygens (including phenoxy) is 1. The van der Waals surface area contributed by atoms with Crippen LogP contribution in [0.5, 0.6) is 0 Å². The summed E-state index contributed by atoms with van der Waals surface area (Å²) in [5, 5.41) is 9.62. The van der Waals surface area contributed by atoms with Crippen molar-refractivity contribution in [2.45, 2.75) is 25.4 Å². The molecule has 0 spiro atoms. The molecule has 1 aromatic rings. The second-order valence-corrected chi connectivity index (χ2v) is 4.91. The van der Waals surface area contributed by atoms with Gasteiger partial charge in [-0.2, -0.15) is 5.10 Å². The van der Waals surface area contributed by atoms with Gasteiger partial charge in [-0.15, -0.1) is 0 Å². The minimum atomic E-state index is 0.00444. The summed E-state index contributed by atoms with van der Waals surface area (Å²) >= 11 is 0. The van der Waals surface area contributed by atoms with Crippen molar-refractivity contribution >= 4 is 6.03 Å². The minimum Gasteiger partial charge on any atom is -0.377 e. The summed E-state index contributed by atoms with van der Waals surface area (Å²) in [4.78, 5) is 14.1. The zero-order valence-electron chi connectivity index (χ0n) is 10.3. The number of nitrogens with zero attached hydrogens (tertiary/aromatic N) is 2. The number of morpholine rings is 1. The highest BCUT2D eigenvalue weighted by molar-refractivity contribution is 5.74. The quantitative estimate of drug-likeness (QED) is 0.831. The number of carbonyl (C=O) groups is 1. The van der Waals surface area contributed by atoms with Gasteiger partial charge < -0.3 is 15.0 Å². The van der Waals surface area contributed by atoms with Crippen LogP contribution in [0.1, 0.15) is 18.5 Å². The van der Waals surface area contributed by atoms with Crippen molar-refractivity contribution in [1.82, 2.24) is 20.4 Å². The molecule has 0 bridgehead atoms. The molecule has 1 aliphatic carbocycles. The summed E-state index contributed by atoms with van der Waals surface area (Å²) in [6, 6.07) is 2.13. The molecule has 1 aromatic heterocycles. The molecule has 6 heteroatoms. The Morgan fingerprint density at radius 2 is 2.50 bits per heavy atom. The van der Waals surface area contributed by atoms with Gasteiger partial charge >= 0.3 is 6.03 Å². The van der Waals surface area contributed by atoms with Gasteiger partial charge in [0.2, 0.25) is 0 Å². The molecule has 2 heterocycles. The summed E-state index contributed by atoms with van der Waals surface area (Å²) in [6.07, 6.45) is 4.12. The average Bonchev–Trinajstić information content (AvgIpc) is 3.13. The number of carbonyl (C=O) groups excluding carboxylic acids is 1. The van der Waals surface area contributed by atoms with Gasteiger partial charge in [0.15, 0.2) is 0 Å². The number of amides is 2. The Hall–Kier alpha value is -1.56. The van der Waals surface area contributed by atoms with Crippen LogP contribution in [0.15, 0.2) is 12.3 Å². The van der Waals surface area contributed by atoms with Crippen LogP contribution in [-0.4, -0.2) is 46.9 Å². The van der Waals surface area contributed by atoms with Crippen LogP contribution in [0, 0.1) is 5.92 Å². The predicted octanol–water partition coefficient (Wildman–Crippen LogP) is 0.730. The smallest absolute Gasteiger partial charge is 0.318 e. The van der Waals surface area contributed by atoms with Gasteiger partial charge in [0.25, 0.3) is 0 Å².